The van der Waals surface area contributed by atoms with Crippen molar-refractivity contribution >= 4 is 23.5 Å². The third-order valence-corrected chi connectivity index (χ3v) is 5.25. The molecule has 0 atom stereocenters. The number of carbonyl (C=O) groups is 1. The molecule has 0 unspecified atom stereocenters. The average Bonchev–Trinajstić information content (AvgIpc) is 3.07. The molecule has 0 spiro atoms. The highest BCUT2D eigenvalue weighted by Crippen LogP contribution is 2.29. The van der Waals surface area contributed by atoms with Crippen LogP contribution in [0.15, 0.2) is 23.5 Å². The maximum absolute atomic E-state index is 12.6. The van der Waals surface area contributed by atoms with Crippen LogP contribution in [0, 0.1) is 6.92 Å². The molecule has 0 bridgehead atoms. The number of piperidine rings is 1. The van der Waals surface area contributed by atoms with E-state index in [1.165, 1.54) is 17.8 Å². The van der Waals surface area contributed by atoms with Gasteiger partial charge in [0.05, 0.1) is 5.56 Å². The van der Waals surface area contributed by atoms with Crippen molar-refractivity contribution in [2.24, 2.45) is 0 Å². The van der Waals surface area contributed by atoms with E-state index < -0.39 is 11.7 Å². The molecule has 0 aliphatic carbocycles. The number of halogens is 3. The van der Waals surface area contributed by atoms with Gasteiger partial charge in [0.25, 0.3) is 0 Å². The molecule has 1 saturated heterocycles. The Labute approximate surface area is 164 Å². The molecule has 28 heavy (non-hydrogen) atoms. The third-order valence-electron chi connectivity index (χ3n) is 4.40. The summed E-state index contributed by atoms with van der Waals surface area (Å²) in [6.45, 7) is 3.08. The Bertz CT molecular complexity index is 787. The monoisotopic (exact) mass is 414 g/mol. The van der Waals surface area contributed by atoms with E-state index in [1.807, 2.05) is 11.8 Å². The van der Waals surface area contributed by atoms with E-state index in [1.54, 1.807) is 0 Å². The van der Waals surface area contributed by atoms with Gasteiger partial charge in [-0.05, 0) is 31.9 Å². The summed E-state index contributed by atoms with van der Waals surface area (Å²) >= 11 is 1.42. The predicted molar refractivity (Wildman–Crippen MR) is 99.1 cm³/mol. The molecule has 152 valence electrons. The number of alkyl halides is 3. The second kappa shape index (κ2) is 8.80. The Morgan fingerprint density at radius 3 is 2.68 bits per heavy atom. The number of thioether (sulfide) groups is 1. The summed E-state index contributed by atoms with van der Waals surface area (Å²) in [6, 6.07) is 2.50. The van der Waals surface area contributed by atoms with Crippen LogP contribution in [0.1, 0.15) is 30.7 Å². The fraction of sp³-hybridized carbons (Fsp3) is 0.529. The van der Waals surface area contributed by atoms with E-state index in [0.717, 1.165) is 30.9 Å². The van der Waals surface area contributed by atoms with Crippen LogP contribution in [0.4, 0.5) is 19.0 Å². The van der Waals surface area contributed by atoms with Crippen molar-refractivity contribution in [2.45, 2.75) is 43.6 Å². The smallest absolute Gasteiger partial charge is 0.356 e. The number of H-pyrrole nitrogens is 1. The zero-order valence-electron chi connectivity index (χ0n) is 15.3. The zero-order valence-corrected chi connectivity index (χ0v) is 16.1. The molecule has 1 aliphatic heterocycles. The summed E-state index contributed by atoms with van der Waals surface area (Å²) in [5, 5.41) is 10.4. The van der Waals surface area contributed by atoms with E-state index >= 15 is 0 Å². The molecule has 11 heteroatoms. The van der Waals surface area contributed by atoms with Gasteiger partial charge in [-0.25, -0.2) is 9.97 Å². The van der Waals surface area contributed by atoms with Crippen molar-refractivity contribution in [3.8, 4) is 0 Å². The lowest BCUT2D eigenvalue weighted by atomic mass is 10.0. The van der Waals surface area contributed by atoms with Gasteiger partial charge < -0.3 is 10.2 Å². The van der Waals surface area contributed by atoms with Crippen LogP contribution in [0.25, 0.3) is 0 Å². The fourth-order valence-corrected chi connectivity index (χ4v) is 3.70. The second-order valence-corrected chi connectivity index (χ2v) is 7.60. The van der Waals surface area contributed by atoms with Gasteiger partial charge in [0.15, 0.2) is 0 Å². The topological polar surface area (TPSA) is 86.8 Å². The fourth-order valence-electron chi connectivity index (χ4n) is 2.92. The van der Waals surface area contributed by atoms with Gasteiger partial charge in [0, 0.05) is 37.5 Å². The number of carbonyl (C=O) groups excluding carboxylic acids is 1. The van der Waals surface area contributed by atoms with Gasteiger partial charge in [-0.2, -0.15) is 13.2 Å². The van der Waals surface area contributed by atoms with Crippen LogP contribution in [0.2, 0.25) is 0 Å². The van der Waals surface area contributed by atoms with Crippen LogP contribution < -0.4 is 10.2 Å². The van der Waals surface area contributed by atoms with Gasteiger partial charge in [-0.15, -0.1) is 5.10 Å². The van der Waals surface area contributed by atoms with Crippen molar-refractivity contribution in [2.75, 3.05) is 23.7 Å². The van der Waals surface area contributed by atoms with Crippen LogP contribution in [-0.2, 0) is 11.0 Å². The lowest BCUT2D eigenvalue weighted by molar-refractivity contribution is -0.137. The standard InChI is InChI=1S/C17H21F3N6OS/c1-11-22-16(25-24-11)28-9-6-15(27)23-13-4-7-26(8-5-13)14-3-2-12(10-21-14)17(18,19)20/h2-3,10,13H,4-9H2,1H3,(H,23,27)(H,22,24,25). The van der Waals surface area contributed by atoms with Crippen LogP contribution in [0.3, 0.4) is 0 Å². The maximum Gasteiger partial charge on any atom is 0.417 e. The Kier molecular flexibility index (Phi) is 6.42. The molecule has 1 fully saturated rings. The SMILES string of the molecule is Cc1nc(SCCC(=O)NC2CCN(c3ccc(C(F)(F)F)cn3)CC2)n[nH]1. The molecule has 2 aromatic heterocycles. The van der Waals surface area contributed by atoms with Gasteiger partial charge >= 0.3 is 6.18 Å². The number of nitrogens with one attached hydrogen (secondary N) is 2. The van der Waals surface area contributed by atoms with Crippen LogP contribution >= 0.6 is 11.8 Å². The molecule has 0 radical (unpaired) electrons. The van der Waals surface area contributed by atoms with Crippen molar-refractivity contribution in [3.05, 3.63) is 29.7 Å². The molecule has 2 aromatic rings. The first kappa shape index (κ1) is 20.4. The Hall–Kier alpha value is -2.30. The van der Waals surface area contributed by atoms with Gasteiger partial charge in [0.2, 0.25) is 11.1 Å². The number of aromatic nitrogens is 4. The molecule has 1 amide bonds. The molecule has 0 aromatic carbocycles. The normalized spacial score (nSPS) is 15.6. The van der Waals surface area contributed by atoms with Crippen molar-refractivity contribution in [3.63, 3.8) is 0 Å². The Morgan fingerprint density at radius 2 is 2.11 bits per heavy atom. The second-order valence-electron chi connectivity index (χ2n) is 6.53. The molecule has 7 nitrogen and oxygen atoms in total. The lowest BCUT2D eigenvalue weighted by Gasteiger charge is -2.33. The molecule has 3 rings (SSSR count). The average molecular weight is 414 g/mol. The zero-order chi connectivity index (χ0) is 20.1. The number of hydrogen-bond acceptors (Lipinski definition) is 6. The van der Waals surface area contributed by atoms with E-state index in [9.17, 15) is 18.0 Å². The number of anilines is 1. The first-order chi connectivity index (χ1) is 13.3. The summed E-state index contributed by atoms with van der Waals surface area (Å²) in [5.74, 6) is 1.83. The van der Waals surface area contributed by atoms with Gasteiger partial charge in [-0.3, -0.25) is 9.89 Å². The third kappa shape index (κ3) is 5.60. The summed E-state index contributed by atoms with van der Waals surface area (Å²) < 4.78 is 37.9. The molecule has 1 aliphatic rings. The minimum Gasteiger partial charge on any atom is -0.356 e. The summed E-state index contributed by atoms with van der Waals surface area (Å²) in [4.78, 5) is 22.1. The number of aryl methyl sites for hydroxylation is 1. The number of nitrogens with zero attached hydrogens (tertiary/aromatic N) is 4. The van der Waals surface area contributed by atoms with Crippen molar-refractivity contribution in [1.82, 2.24) is 25.5 Å². The number of aromatic amines is 1. The predicted octanol–water partition coefficient (Wildman–Crippen LogP) is 2.79. The van der Waals surface area contributed by atoms with E-state index in [2.05, 4.69) is 25.5 Å². The quantitative estimate of drug-likeness (QED) is 0.707. The van der Waals surface area contributed by atoms with E-state index in [0.29, 0.717) is 36.2 Å². The first-order valence-electron chi connectivity index (χ1n) is 8.90. The molecule has 0 saturated carbocycles. The highest BCUT2D eigenvalue weighted by molar-refractivity contribution is 7.99. The minimum absolute atomic E-state index is 0.0223. The molecule has 2 N–H and O–H groups in total. The number of rotatable bonds is 6. The number of amides is 1. The molecule has 3 heterocycles. The highest BCUT2D eigenvalue weighted by atomic mass is 32.2. The van der Waals surface area contributed by atoms with Crippen molar-refractivity contribution < 1.29 is 18.0 Å². The van der Waals surface area contributed by atoms with E-state index in [4.69, 9.17) is 0 Å². The number of hydrogen-bond donors (Lipinski definition) is 2. The maximum atomic E-state index is 12.6. The van der Waals surface area contributed by atoms with Gasteiger partial charge in [-0.1, -0.05) is 11.8 Å². The number of pyridine rings is 1. The summed E-state index contributed by atoms with van der Waals surface area (Å²) in [5.41, 5.74) is -0.753. The van der Waals surface area contributed by atoms with E-state index in [-0.39, 0.29) is 11.9 Å². The molecular weight excluding hydrogens is 393 g/mol. The highest BCUT2D eigenvalue weighted by Gasteiger charge is 2.31. The van der Waals surface area contributed by atoms with Crippen molar-refractivity contribution in [1.29, 1.82) is 0 Å². The van der Waals surface area contributed by atoms with Crippen LogP contribution in [-0.4, -0.2) is 51.0 Å². The summed E-state index contributed by atoms with van der Waals surface area (Å²) in [7, 11) is 0. The Balaban J connectivity index is 1.39. The minimum atomic E-state index is -4.38. The van der Waals surface area contributed by atoms with Gasteiger partial charge in [0.1, 0.15) is 11.6 Å². The van der Waals surface area contributed by atoms with Crippen LogP contribution in [0.5, 0.6) is 0 Å². The largest absolute Gasteiger partial charge is 0.417 e. The first-order valence-corrected chi connectivity index (χ1v) is 9.89. The Morgan fingerprint density at radius 1 is 1.36 bits per heavy atom. The summed E-state index contributed by atoms with van der Waals surface area (Å²) in [6.07, 6.45) is -1.70. The molecular formula is C17H21F3N6OS. The lowest BCUT2D eigenvalue weighted by Crippen LogP contribution is -2.45.